The molecule has 1 aliphatic heterocycles. The summed E-state index contributed by atoms with van der Waals surface area (Å²) in [6, 6.07) is 0.293. The zero-order valence-electron chi connectivity index (χ0n) is 6.15. The lowest BCUT2D eigenvalue weighted by molar-refractivity contribution is 0.120. The molecule has 2 N–H and O–H groups in total. The summed E-state index contributed by atoms with van der Waals surface area (Å²) in [6.45, 7) is 2.75. The van der Waals surface area contributed by atoms with Crippen molar-refractivity contribution in [2.45, 2.75) is 31.9 Å². The van der Waals surface area contributed by atoms with Crippen molar-refractivity contribution in [2.75, 3.05) is 6.54 Å². The van der Waals surface area contributed by atoms with Crippen LogP contribution in [-0.4, -0.2) is 23.8 Å². The van der Waals surface area contributed by atoms with Crippen LogP contribution in [0.25, 0.3) is 0 Å². The van der Waals surface area contributed by atoms with Gasteiger partial charge in [-0.3, -0.25) is 0 Å². The molecule has 2 nitrogen and oxygen atoms in total. The van der Waals surface area contributed by atoms with Crippen molar-refractivity contribution >= 4 is 0 Å². The highest BCUT2D eigenvalue weighted by molar-refractivity contribution is 4.73. The number of rotatable bonds is 0. The van der Waals surface area contributed by atoms with Gasteiger partial charge in [-0.1, -0.05) is 0 Å². The summed E-state index contributed by atoms with van der Waals surface area (Å²) >= 11 is 0. The zero-order chi connectivity index (χ0) is 6.91. The first-order valence-corrected chi connectivity index (χ1v) is 3.06. The summed E-state index contributed by atoms with van der Waals surface area (Å²) in [5.74, 6) is 0. The Labute approximate surface area is 51.3 Å². The number of aliphatic hydroxyl groups is 1. The van der Waals surface area contributed by atoms with Crippen LogP contribution in [-0.2, 0) is 0 Å². The number of hydrogen-bond donors (Lipinski definition) is 2. The van der Waals surface area contributed by atoms with Crippen molar-refractivity contribution < 1.29 is 6.48 Å². The van der Waals surface area contributed by atoms with Gasteiger partial charge in [0, 0.05) is 6.04 Å². The Morgan fingerprint density at radius 1 is 1.88 bits per heavy atom. The third-order valence-electron chi connectivity index (χ3n) is 1.45. The van der Waals surface area contributed by atoms with Crippen LogP contribution in [0.15, 0.2) is 0 Å². The fraction of sp³-hybridized carbons (Fsp3) is 1.00. The maximum atomic E-state index is 9.17. The molecule has 0 bridgehead atoms. The van der Waals surface area contributed by atoms with E-state index in [-0.39, 0.29) is 0 Å². The van der Waals surface area contributed by atoms with Crippen LogP contribution in [0.2, 0.25) is 0 Å². The average Bonchev–Trinajstić information content (AvgIpc) is 1.60. The standard InChI is InChI=1S/C6H13NO/c1-5-4-6(8)2-3-7-5/h5-8H,2-4H2,1H3/i6D. The molecule has 2 atom stereocenters. The van der Waals surface area contributed by atoms with Crippen LogP contribution in [0, 0.1) is 0 Å². The largest absolute Gasteiger partial charge is 0.393 e. The Hall–Kier alpha value is -0.0800. The predicted octanol–water partition coefficient (Wildman–Crippen LogP) is 0.119. The zero-order valence-corrected chi connectivity index (χ0v) is 5.15. The Balaban J connectivity index is 2.41. The molecule has 0 aliphatic carbocycles. The maximum absolute atomic E-state index is 9.17. The first kappa shape index (κ1) is 4.77. The van der Waals surface area contributed by atoms with Gasteiger partial charge in [-0.15, -0.1) is 0 Å². The number of nitrogens with one attached hydrogen (secondary N) is 1. The van der Waals surface area contributed by atoms with Gasteiger partial charge in [0.05, 0.1) is 7.45 Å². The second kappa shape index (κ2) is 2.46. The summed E-state index contributed by atoms with van der Waals surface area (Å²) in [6.07, 6.45) is -0.0605. The molecule has 8 heavy (non-hydrogen) atoms. The van der Waals surface area contributed by atoms with Crippen molar-refractivity contribution in [3.05, 3.63) is 0 Å². The Morgan fingerprint density at radius 2 is 2.62 bits per heavy atom. The van der Waals surface area contributed by atoms with Crippen molar-refractivity contribution in [1.82, 2.24) is 5.32 Å². The fourth-order valence-corrected chi connectivity index (χ4v) is 0.991. The molecule has 1 aliphatic rings. The molecular formula is C6H13NO. The first-order chi connectivity index (χ1) is 4.10. The second-order valence-electron chi connectivity index (χ2n) is 2.38. The third-order valence-corrected chi connectivity index (χ3v) is 1.45. The van der Waals surface area contributed by atoms with Gasteiger partial charge in [-0.05, 0) is 26.3 Å². The highest BCUT2D eigenvalue weighted by Crippen LogP contribution is 2.06. The van der Waals surface area contributed by atoms with E-state index in [1.807, 2.05) is 6.92 Å². The van der Waals surface area contributed by atoms with Crippen molar-refractivity contribution in [3.63, 3.8) is 0 Å². The van der Waals surface area contributed by atoms with E-state index in [9.17, 15) is 5.11 Å². The van der Waals surface area contributed by atoms with Gasteiger partial charge in [0.2, 0.25) is 0 Å². The molecule has 2 heteroatoms. The van der Waals surface area contributed by atoms with Gasteiger partial charge in [-0.2, -0.15) is 0 Å². The van der Waals surface area contributed by atoms with E-state index in [1.54, 1.807) is 0 Å². The minimum atomic E-state index is -1.16. The van der Waals surface area contributed by atoms with E-state index in [0.717, 1.165) is 6.54 Å². The molecule has 1 saturated heterocycles. The van der Waals surface area contributed by atoms with Crippen molar-refractivity contribution in [1.29, 1.82) is 0 Å². The minimum Gasteiger partial charge on any atom is -0.393 e. The van der Waals surface area contributed by atoms with Gasteiger partial charge in [0.15, 0.2) is 0 Å². The Morgan fingerprint density at radius 3 is 3.00 bits per heavy atom. The monoisotopic (exact) mass is 116 g/mol. The summed E-state index contributed by atoms with van der Waals surface area (Å²) in [4.78, 5) is 0. The molecule has 0 radical (unpaired) electrons. The Kier molecular flexibility index (Phi) is 1.47. The van der Waals surface area contributed by atoms with E-state index < -0.39 is 6.08 Å². The van der Waals surface area contributed by atoms with Crippen LogP contribution < -0.4 is 5.32 Å². The molecule has 0 aromatic heterocycles. The molecule has 0 amide bonds. The summed E-state index contributed by atoms with van der Waals surface area (Å²) in [5, 5.41) is 12.3. The van der Waals surface area contributed by atoms with Gasteiger partial charge in [0.1, 0.15) is 0 Å². The maximum Gasteiger partial charge on any atom is 0.0601 e. The van der Waals surface area contributed by atoms with Gasteiger partial charge < -0.3 is 10.4 Å². The van der Waals surface area contributed by atoms with E-state index in [1.165, 1.54) is 0 Å². The SMILES string of the molecule is [2H]C1(O)CCNC(C)C1. The van der Waals surface area contributed by atoms with Crippen LogP contribution in [0.1, 0.15) is 21.1 Å². The molecule has 0 aromatic rings. The van der Waals surface area contributed by atoms with Gasteiger partial charge in [-0.25, -0.2) is 0 Å². The molecule has 0 spiro atoms. The quantitative estimate of drug-likeness (QED) is 0.471. The molecule has 1 rings (SSSR count). The summed E-state index contributed by atoms with van der Waals surface area (Å²) in [5.41, 5.74) is 0. The van der Waals surface area contributed by atoms with E-state index in [2.05, 4.69) is 5.32 Å². The minimum absolute atomic E-state index is 0.293. The number of piperidine rings is 1. The van der Waals surface area contributed by atoms with E-state index >= 15 is 0 Å². The first-order valence-electron chi connectivity index (χ1n) is 3.56. The lowest BCUT2D eigenvalue weighted by Crippen LogP contribution is -2.37. The number of hydrogen-bond acceptors (Lipinski definition) is 2. The van der Waals surface area contributed by atoms with Crippen molar-refractivity contribution in [2.24, 2.45) is 0 Å². The second-order valence-corrected chi connectivity index (χ2v) is 2.38. The summed E-state index contributed by atoms with van der Waals surface area (Å²) < 4.78 is 7.27. The molecule has 1 fully saturated rings. The average molecular weight is 116 g/mol. The van der Waals surface area contributed by atoms with E-state index in [4.69, 9.17) is 1.37 Å². The van der Waals surface area contributed by atoms with Crippen LogP contribution in [0.5, 0.6) is 0 Å². The lowest BCUT2D eigenvalue weighted by atomic mass is 10.0. The third kappa shape index (κ3) is 1.46. The van der Waals surface area contributed by atoms with Crippen molar-refractivity contribution in [3.8, 4) is 0 Å². The van der Waals surface area contributed by atoms with Gasteiger partial charge in [0.25, 0.3) is 0 Å². The highest BCUT2D eigenvalue weighted by Gasteiger charge is 2.14. The highest BCUT2D eigenvalue weighted by atomic mass is 16.3. The lowest BCUT2D eigenvalue weighted by Gasteiger charge is -2.23. The fourth-order valence-electron chi connectivity index (χ4n) is 0.991. The molecule has 1 heterocycles. The smallest absolute Gasteiger partial charge is 0.0601 e. The predicted molar refractivity (Wildman–Crippen MR) is 32.7 cm³/mol. The molecular weight excluding hydrogens is 102 g/mol. The topological polar surface area (TPSA) is 32.3 Å². The normalized spacial score (nSPS) is 50.8. The van der Waals surface area contributed by atoms with E-state index in [0.29, 0.717) is 18.9 Å². The van der Waals surface area contributed by atoms with Crippen LogP contribution >= 0.6 is 0 Å². The molecule has 0 saturated carbocycles. The molecule has 48 valence electrons. The molecule has 2 unspecified atom stereocenters. The Bertz CT molecular complexity index is 105. The van der Waals surface area contributed by atoms with Gasteiger partial charge >= 0.3 is 0 Å². The molecule has 0 aromatic carbocycles. The van der Waals surface area contributed by atoms with Crippen LogP contribution in [0.4, 0.5) is 0 Å². The van der Waals surface area contributed by atoms with Crippen LogP contribution in [0.3, 0.4) is 0 Å². The summed E-state index contributed by atoms with van der Waals surface area (Å²) in [7, 11) is 0.